The second-order valence-electron chi connectivity index (χ2n) is 5.17. The number of aliphatic hydroxyl groups excluding tert-OH is 1. The predicted octanol–water partition coefficient (Wildman–Crippen LogP) is -1.20. The molecule has 0 saturated carbocycles. The van der Waals surface area contributed by atoms with Gasteiger partial charge in [0.15, 0.2) is 5.78 Å². The van der Waals surface area contributed by atoms with Crippen LogP contribution in [0.1, 0.15) is 27.7 Å². The third kappa shape index (κ3) is 7.85. The van der Waals surface area contributed by atoms with Crippen LogP contribution in [-0.2, 0) is 14.4 Å². The van der Waals surface area contributed by atoms with Gasteiger partial charge in [-0.1, -0.05) is 27.7 Å². The maximum Gasteiger partial charge on any atom is 0.240 e. The van der Waals surface area contributed by atoms with Crippen LogP contribution >= 0.6 is 0 Å². The van der Waals surface area contributed by atoms with Crippen LogP contribution in [-0.4, -0.2) is 54.5 Å². The van der Waals surface area contributed by atoms with Crippen LogP contribution in [0.4, 0.5) is 0 Å². The van der Waals surface area contributed by atoms with Crippen molar-refractivity contribution in [3.63, 3.8) is 0 Å². The van der Waals surface area contributed by atoms with Gasteiger partial charge in [-0.25, -0.2) is 0 Å². The van der Waals surface area contributed by atoms with Gasteiger partial charge in [0.05, 0.1) is 19.7 Å². The van der Waals surface area contributed by atoms with E-state index in [2.05, 4.69) is 16.0 Å². The van der Waals surface area contributed by atoms with Crippen molar-refractivity contribution in [3.05, 3.63) is 0 Å². The molecule has 0 heterocycles. The average Bonchev–Trinajstić information content (AvgIpc) is 2.39. The summed E-state index contributed by atoms with van der Waals surface area (Å²) in [5, 5.41) is 16.8. The van der Waals surface area contributed by atoms with Crippen LogP contribution in [0.3, 0.4) is 0 Å². The van der Waals surface area contributed by atoms with E-state index in [1.54, 1.807) is 13.8 Å². The summed E-state index contributed by atoms with van der Waals surface area (Å²) in [6, 6.07) is -0.745. The molecule has 7 heteroatoms. The lowest BCUT2D eigenvalue weighted by atomic mass is 10.0. The molecule has 0 bridgehead atoms. The molecular formula is C13H25N3O4. The van der Waals surface area contributed by atoms with E-state index in [4.69, 9.17) is 5.11 Å². The normalized spacial score (nSPS) is 12.3. The zero-order chi connectivity index (χ0) is 15.7. The molecule has 0 aliphatic carbocycles. The fourth-order valence-corrected chi connectivity index (χ4v) is 1.39. The van der Waals surface area contributed by atoms with Crippen molar-refractivity contribution >= 4 is 17.6 Å². The number of hydrogen-bond donors (Lipinski definition) is 4. The Morgan fingerprint density at radius 3 is 2.05 bits per heavy atom. The van der Waals surface area contributed by atoms with Gasteiger partial charge in [-0.3, -0.25) is 14.4 Å². The van der Waals surface area contributed by atoms with Gasteiger partial charge < -0.3 is 21.1 Å². The van der Waals surface area contributed by atoms with Crippen LogP contribution in [0.2, 0.25) is 0 Å². The monoisotopic (exact) mass is 287 g/mol. The van der Waals surface area contributed by atoms with E-state index in [0.29, 0.717) is 0 Å². The summed E-state index contributed by atoms with van der Waals surface area (Å²) in [4.78, 5) is 34.6. The fraction of sp³-hybridized carbons (Fsp3) is 0.769. The van der Waals surface area contributed by atoms with Crippen LogP contribution in [0, 0.1) is 5.92 Å². The molecule has 7 nitrogen and oxygen atoms in total. The maximum atomic E-state index is 11.7. The first-order valence-corrected chi connectivity index (χ1v) is 6.72. The van der Waals surface area contributed by atoms with Crippen molar-refractivity contribution in [2.75, 3.05) is 19.7 Å². The van der Waals surface area contributed by atoms with E-state index in [0.717, 1.165) is 0 Å². The molecule has 0 radical (unpaired) electrons. The molecule has 2 amide bonds. The quantitative estimate of drug-likeness (QED) is 0.426. The smallest absolute Gasteiger partial charge is 0.240 e. The number of hydrogen-bond acceptors (Lipinski definition) is 5. The molecule has 1 atom stereocenters. The summed E-state index contributed by atoms with van der Waals surface area (Å²) in [7, 11) is 0. The number of amides is 2. The van der Waals surface area contributed by atoms with Crippen molar-refractivity contribution in [3.8, 4) is 0 Å². The zero-order valence-corrected chi connectivity index (χ0v) is 12.5. The minimum absolute atomic E-state index is 0.124. The predicted molar refractivity (Wildman–Crippen MR) is 75.0 cm³/mol. The average molecular weight is 287 g/mol. The molecule has 20 heavy (non-hydrogen) atoms. The molecule has 116 valence electrons. The second kappa shape index (κ2) is 9.44. The van der Waals surface area contributed by atoms with Crippen LogP contribution in [0.5, 0.6) is 0 Å². The highest BCUT2D eigenvalue weighted by atomic mass is 16.3. The molecular weight excluding hydrogens is 262 g/mol. The minimum atomic E-state index is -0.923. The number of nitrogens with one attached hydrogen (secondary N) is 3. The molecule has 1 unspecified atom stereocenters. The lowest BCUT2D eigenvalue weighted by molar-refractivity contribution is -0.130. The number of carbonyl (C=O) groups is 3. The summed E-state index contributed by atoms with van der Waals surface area (Å²) >= 11 is 0. The summed E-state index contributed by atoms with van der Waals surface area (Å²) in [6.45, 7) is 6.64. The van der Waals surface area contributed by atoms with Gasteiger partial charge in [0.2, 0.25) is 11.8 Å². The van der Waals surface area contributed by atoms with Gasteiger partial charge in [-0.15, -0.1) is 0 Å². The Morgan fingerprint density at radius 1 is 1.00 bits per heavy atom. The molecule has 0 aromatic heterocycles. The SMILES string of the molecule is CC(C)NCC(=O)NCC(=O)NC(CO)C(=O)C(C)C. The lowest BCUT2D eigenvalue weighted by Crippen LogP contribution is -2.49. The summed E-state index contributed by atoms with van der Waals surface area (Å²) in [5.74, 6) is -1.33. The zero-order valence-electron chi connectivity index (χ0n) is 12.5. The molecule has 0 aromatic rings. The van der Waals surface area contributed by atoms with Crippen molar-refractivity contribution in [2.45, 2.75) is 39.8 Å². The highest BCUT2D eigenvalue weighted by Crippen LogP contribution is 1.99. The van der Waals surface area contributed by atoms with Gasteiger partial charge >= 0.3 is 0 Å². The molecule has 0 aliphatic heterocycles. The number of aliphatic hydroxyl groups is 1. The number of ketones is 1. The van der Waals surface area contributed by atoms with Gasteiger partial charge in [0.1, 0.15) is 6.04 Å². The van der Waals surface area contributed by atoms with Crippen molar-refractivity contribution in [1.29, 1.82) is 0 Å². The standard InChI is InChI=1S/C13H25N3O4/c1-8(2)13(20)10(7-17)16-12(19)6-15-11(18)5-14-9(3)4/h8-10,14,17H,5-7H2,1-4H3,(H,15,18)(H,16,19). The molecule has 4 N–H and O–H groups in total. The summed E-state index contributed by atoms with van der Waals surface area (Å²) < 4.78 is 0. The molecule has 0 saturated heterocycles. The first-order chi connectivity index (χ1) is 9.27. The third-order valence-electron chi connectivity index (χ3n) is 2.55. The second-order valence-corrected chi connectivity index (χ2v) is 5.17. The van der Waals surface area contributed by atoms with Crippen molar-refractivity contribution < 1.29 is 19.5 Å². The van der Waals surface area contributed by atoms with E-state index in [1.807, 2.05) is 13.8 Å². The highest BCUT2D eigenvalue weighted by Gasteiger charge is 2.22. The van der Waals surface area contributed by atoms with Crippen LogP contribution in [0.25, 0.3) is 0 Å². The number of Topliss-reactive ketones (excluding diaryl/α,β-unsaturated/α-hetero) is 1. The largest absolute Gasteiger partial charge is 0.394 e. The minimum Gasteiger partial charge on any atom is -0.394 e. The van der Waals surface area contributed by atoms with Gasteiger partial charge in [0.25, 0.3) is 0 Å². The molecule has 0 fully saturated rings. The molecule has 0 spiro atoms. The van der Waals surface area contributed by atoms with E-state index in [-0.39, 0.29) is 36.7 Å². The first-order valence-electron chi connectivity index (χ1n) is 6.72. The van der Waals surface area contributed by atoms with E-state index >= 15 is 0 Å². The number of rotatable bonds is 9. The van der Waals surface area contributed by atoms with E-state index in [9.17, 15) is 14.4 Å². The Morgan fingerprint density at radius 2 is 1.60 bits per heavy atom. The fourth-order valence-electron chi connectivity index (χ4n) is 1.39. The molecule has 0 rings (SSSR count). The Hall–Kier alpha value is -1.47. The Balaban J connectivity index is 4.09. The first kappa shape index (κ1) is 18.5. The van der Waals surface area contributed by atoms with Crippen molar-refractivity contribution in [2.24, 2.45) is 5.92 Å². The topological polar surface area (TPSA) is 108 Å². The molecule has 0 aliphatic rings. The molecule has 0 aromatic carbocycles. The Kier molecular flexibility index (Phi) is 8.74. The highest BCUT2D eigenvalue weighted by molar-refractivity contribution is 5.92. The van der Waals surface area contributed by atoms with Crippen LogP contribution < -0.4 is 16.0 Å². The van der Waals surface area contributed by atoms with Gasteiger partial charge in [-0.2, -0.15) is 0 Å². The van der Waals surface area contributed by atoms with E-state index < -0.39 is 18.6 Å². The number of carbonyl (C=O) groups excluding carboxylic acids is 3. The maximum absolute atomic E-state index is 11.7. The third-order valence-corrected chi connectivity index (χ3v) is 2.55. The summed E-state index contributed by atoms with van der Waals surface area (Å²) in [5.41, 5.74) is 0. The van der Waals surface area contributed by atoms with Gasteiger partial charge in [0, 0.05) is 12.0 Å². The Bertz CT molecular complexity index is 343. The van der Waals surface area contributed by atoms with Crippen molar-refractivity contribution in [1.82, 2.24) is 16.0 Å². The van der Waals surface area contributed by atoms with Crippen LogP contribution in [0.15, 0.2) is 0 Å². The Labute approximate surface area is 119 Å². The lowest BCUT2D eigenvalue weighted by Gasteiger charge is -2.17. The van der Waals surface area contributed by atoms with Gasteiger partial charge in [-0.05, 0) is 0 Å². The summed E-state index contributed by atoms with van der Waals surface area (Å²) in [6.07, 6.45) is 0. The van der Waals surface area contributed by atoms with E-state index in [1.165, 1.54) is 0 Å².